The van der Waals surface area contributed by atoms with E-state index in [1.807, 2.05) is 0 Å². The number of hydrogen-bond acceptors (Lipinski definition) is 2. The van der Waals surface area contributed by atoms with Crippen molar-refractivity contribution in [2.24, 2.45) is 23.0 Å². The first-order valence-corrected chi connectivity index (χ1v) is 6.34. The van der Waals surface area contributed by atoms with Gasteiger partial charge >= 0.3 is 0 Å². The van der Waals surface area contributed by atoms with E-state index in [2.05, 4.69) is 39.9 Å². The molecule has 3 N–H and O–H groups in total. The highest BCUT2D eigenvalue weighted by atomic mass is 14.9. The maximum absolute atomic E-state index is 5.67. The van der Waals surface area contributed by atoms with Crippen LogP contribution >= 0.6 is 0 Å². The van der Waals surface area contributed by atoms with Gasteiger partial charge in [0.15, 0.2) is 0 Å². The molecule has 0 saturated heterocycles. The lowest BCUT2D eigenvalue weighted by Gasteiger charge is -2.29. The average Bonchev–Trinajstić information content (AvgIpc) is 2.18. The van der Waals surface area contributed by atoms with Gasteiger partial charge in [-0.2, -0.15) is 0 Å². The Morgan fingerprint density at radius 2 is 1.87 bits per heavy atom. The van der Waals surface area contributed by atoms with Gasteiger partial charge in [0, 0.05) is 6.54 Å². The topological polar surface area (TPSA) is 38.0 Å². The Labute approximate surface area is 96.0 Å². The lowest BCUT2D eigenvalue weighted by Crippen LogP contribution is -2.34. The summed E-state index contributed by atoms with van der Waals surface area (Å²) in [6.07, 6.45) is 2.41. The molecule has 0 spiro atoms. The number of nitrogens with two attached hydrogens (primary N) is 1. The molecule has 0 amide bonds. The Morgan fingerprint density at radius 3 is 2.27 bits per heavy atom. The third kappa shape index (κ3) is 6.16. The third-order valence-electron chi connectivity index (χ3n) is 3.78. The van der Waals surface area contributed by atoms with E-state index < -0.39 is 0 Å². The summed E-state index contributed by atoms with van der Waals surface area (Å²) in [7, 11) is 0. The second kappa shape index (κ2) is 7.24. The summed E-state index contributed by atoms with van der Waals surface area (Å²) in [6.45, 7) is 14.5. The highest BCUT2D eigenvalue weighted by molar-refractivity contribution is 4.75. The van der Waals surface area contributed by atoms with E-state index in [4.69, 9.17) is 5.73 Å². The number of nitrogens with one attached hydrogen (secondary N) is 1. The standard InChI is InChI=1S/C13H30N2/c1-6-12(9-14)7-8-15-10-13(4,5)11(2)3/h11-12,15H,6-10,14H2,1-5H3. The molecular weight excluding hydrogens is 184 g/mol. The first-order valence-electron chi connectivity index (χ1n) is 6.34. The molecular formula is C13H30N2. The Kier molecular flexibility index (Phi) is 7.20. The van der Waals surface area contributed by atoms with Gasteiger partial charge in [-0.25, -0.2) is 0 Å². The van der Waals surface area contributed by atoms with Gasteiger partial charge in [-0.1, -0.05) is 41.0 Å². The predicted molar refractivity (Wildman–Crippen MR) is 68.9 cm³/mol. The zero-order valence-corrected chi connectivity index (χ0v) is 11.3. The minimum absolute atomic E-state index is 0.393. The van der Waals surface area contributed by atoms with Crippen LogP contribution in [0.2, 0.25) is 0 Å². The molecule has 1 unspecified atom stereocenters. The Bertz CT molecular complexity index is 149. The van der Waals surface area contributed by atoms with Gasteiger partial charge in [0.2, 0.25) is 0 Å². The summed E-state index contributed by atoms with van der Waals surface area (Å²) in [4.78, 5) is 0. The fourth-order valence-electron chi connectivity index (χ4n) is 1.41. The molecule has 0 fully saturated rings. The first-order chi connectivity index (χ1) is 6.94. The van der Waals surface area contributed by atoms with Crippen molar-refractivity contribution in [2.75, 3.05) is 19.6 Å². The summed E-state index contributed by atoms with van der Waals surface area (Å²) in [5.41, 5.74) is 6.07. The molecule has 0 aliphatic carbocycles. The molecule has 0 rings (SSSR count). The summed E-state index contributed by atoms with van der Waals surface area (Å²) in [5, 5.41) is 3.55. The van der Waals surface area contributed by atoms with Crippen LogP contribution in [-0.2, 0) is 0 Å². The van der Waals surface area contributed by atoms with Crippen LogP contribution in [0.4, 0.5) is 0 Å². The molecule has 2 heteroatoms. The summed E-state index contributed by atoms with van der Waals surface area (Å²) < 4.78 is 0. The van der Waals surface area contributed by atoms with E-state index in [1.54, 1.807) is 0 Å². The van der Waals surface area contributed by atoms with Crippen molar-refractivity contribution >= 4 is 0 Å². The molecule has 2 nitrogen and oxygen atoms in total. The van der Waals surface area contributed by atoms with E-state index >= 15 is 0 Å². The quantitative estimate of drug-likeness (QED) is 0.610. The Balaban J connectivity index is 3.62. The second-order valence-electron chi connectivity index (χ2n) is 5.62. The van der Waals surface area contributed by atoms with E-state index in [9.17, 15) is 0 Å². The highest BCUT2D eigenvalue weighted by Gasteiger charge is 2.21. The van der Waals surface area contributed by atoms with Crippen molar-refractivity contribution < 1.29 is 0 Å². The molecule has 0 aliphatic heterocycles. The summed E-state index contributed by atoms with van der Waals surface area (Å²) in [6, 6.07) is 0. The van der Waals surface area contributed by atoms with Crippen LogP contribution in [0, 0.1) is 17.3 Å². The normalized spacial score (nSPS) is 14.6. The van der Waals surface area contributed by atoms with Gasteiger partial charge in [0.1, 0.15) is 0 Å². The van der Waals surface area contributed by atoms with Crippen molar-refractivity contribution in [3.8, 4) is 0 Å². The van der Waals surface area contributed by atoms with Crippen molar-refractivity contribution in [1.82, 2.24) is 5.32 Å². The summed E-state index contributed by atoms with van der Waals surface area (Å²) in [5.74, 6) is 1.42. The molecule has 0 radical (unpaired) electrons. The average molecular weight is 214 g/mol. The van der Waals surface area contributed by atoms with Crippen LogP contribution in [0.3, 0.4) is 0 Å². The predicted octanol–water partition coefficient (Wildman–Crippen LogP) is 2.63. The van der Waals surface area contributed by atoms with Gasteiger partial charge < -0.3 is 11.1 Å². The SMILES string of the molecule is CCC(CN)CCNCC(C)(C)C(C)C. The zero-order valence-electron chi connectivity index (χ0n) is 11.3. The Morgan fingerprint density at radius 1 is 1.27 bits per heavy atom. The third-order valence-corrected chi connectivity index (χ3v) is 3.78. The van der Waals surface area contributed by atoms with Gasteiger partial charge in [-0.15, -0.1) is 0 Å². The van der Waals surface area contributed by atoms with Crippen LogP contribution < -0.4 is 11.1 Å². The molecule has 92 valence electrons. The van der Waals surface area contributed by atoms with Crippen LogP contribution in [-0.4, -0.2) is 19.6 Å². The monoisotopic (exact) mass is 214 g/mol. The lowest BCUT2D eigenvalue weighted by molar-refractivity contribution is 0.236. The van der Waals surface area contributed by atoms with E-state index in [0.717, 1.165) is 25.6 Å². The number of hydrogen-bond donors (Lipinski definition) is 2. The van der Waals surface area contributed by atoms with E-state index in [-0.39, 0.29) is 0 Å². The van der Waals surface area contributed by atoms with Crippen molar-refractivity contribution in [3.05, 3.63) is 0 Å². The molecule has 0 aromatic carbocycles. The molecule has 1 atom stereocenters. The first kappa shape index (κ1) is 14.9. The minimum Gasteiger partial charge on any atom is -0.330 e. The smallest absolute Gasteiger partial charge is 0.000497 e. The van der Waals surface area contributed by atoms with Crippen molar-refractivity contribution in [3.63, 3.8) is 0 Å². The lowest BCUT2D eigenvalue weighted by atomic mass is 9.81. The van der Waals surface area contributed by atoms with Crippen LogP contribution in [0.1, 0.15) is 47.5 Å². The highest BCUT2D eigenvalue weighted by Crippen LogP contribution is 2.24. The molecule has 15 heavy (non-hydrogen) atoms. The fourth-order valence-corrected chi connectivity index (χ4v) is 1.41. The largest absolute Gasteiger partial charge is 0.330 e. The maximum Gasteiger partial charge on any atom is 0.000497 e. The Hall–Kier alpha value is -0.0800. The maximum atomic E-state index is 5.67. The molecule has 0 aromatic rings. The van der Waals surface area contributed by atoms with Gasteiger partial charge in [0.05, 0.1) is 0 Å². The van der Waals surface area contributed by atoms with Crippen molar-refractivity contribution in [2.45, 2.75) is 47.5 Å². The van der Waals surface area contributed by atoms with Crippen molar-refractivity contribution in [1.29, 1.82) is 0 Å². The van der Waals surface area contributed by atoms with Gasteiger partial charge in [0.25, 0.3) is 0 Å². The zero-order chi connectivity index (χ0) is 11.9. The van der Waals surface area contributed by atoms with Crippen LogP contribution in [0.25, 0.3) is 0 Å². The van der Waals surface area contributed by atoms with Gasteiger partial charge in [-0.3, -0.25) is 0 Å². The molecule has 0 heterocycles. The molecule has 0 bridgehead atoms. The molecule has 0 aromatic heterocycles. The van der Waals surface area contributed by atoms with E-state index in [0.29, 0.717) is 11.3 Å². The second-order valence-corrected chi connectivity index (χ2v) is 5.62. The minimum atomic E-state index is 0.393. The van der Waals surface area contributed by atoms with Crippen LogP contribution in [0.15, 0.2) is 0 Å². The number of rotatable bonds is 8. The van der Waals surface area contributed by atoms with Gasteiger partial charge in [-0.05, 0) is 36.8 Å². The summed E-state index contributed by atoms with van der Waals surface area (Å²) >= 11 is 0. The molecule has 0 aliphatic rings. The van der Waals surface area contributed by atoms with E-state index in [1.165, 1.54) is 12.8 Å². The van der Waals surface area contributed by atoms with Crippen LogP contribution in [0.5, 0.6) is 0 Å². The molecule has 0 saturated carbocycles. The fraction of sp³-hybridized carbons (Fsp3) is 1.00.